The van der Waals surface area contributed by atoms with Crippen molar-refractivity contribution in [3.8, 4) is 5.75 Å². The van der Waals surface area contributed by atoms with E-state index in [0.29, 0.717) is 18.0 Å². The first kappa shape index (κ1) is 18.4. The third-order valence-corrected chi connectivity index (χ3v) is 4.33. The minimum absolute atomic E-state index is 0.293. The van der Waals surface area contributed by atoms with Crippen LogP contribution in [0.2, 0.25) is 0 Å². The summed E-state index contributed by atoms with van der Waals surface area (Å²) in [6.45, 7) is 2.58. The maximum absolute atomic E-state index is 12.7. The number of nitrogens with zero attached hydrogens (tertiary/aromatic N) is 2. The van der Waals surface area contributed by atoms with Gasteiger partial charge in [-0.2, -0.15) is 0 Å². The summed E-state index contributed by atoms with van der Waals surface area (Å²) in [7, 11) is 0. The van der Waals surface area contributed by atoms with Crippen LogP contribution in [0.25, 0.3) is 10.9 Å². The fourth-order valence-corrected chi connectivity index (χ4v) is 2.99. The highest BCUT2D eigenvalue weighted by atomic mass is 16.5. The van der Waals surface area contributed by atoms with Crippen molar-refractivity contribution in [3.05, 3.63) is 84.8 Å². The van der Waals surface area contributed by atoms with E-state index >= 15 is 0 Å². The number of nitrogens with one attached hydrogen (secondary N) is 2. The molecule has 29 heavy (non-hydrogen) atoms. The van der Waals surface area contributed by atoms with Crippen LogP contribution in [0.1, 0.15) is 17.4 Å². The largest absolute Gasteiger partial charge is 0.494 e. The van der Waals surface area contributed by atoms with Crippen LogP contribution in [0.15, 0.2) is 79.1 Å². The van der Waals surface area contributed by atoms with Crippen molar-refractivity contribution in [1.29, 1.82) is 0 Å². The van der Waals surface area contributed by atoms with Gasteiger partial charge < -0.3 is 15.4 Å². The second-order valence-electron chi connectivity index (χ2n) is 6.35. The molecule has 0 radical (unpaired) electrons. The Labute approximate surface area is 168 Å². The van der Waals surface area contributed by atoms with Crippen LogP contribution in [-0.2, 0) is 0 Å². The third-order valence-electron chi connectivity index (χ3n) is 4.33. The van der Waals surface area contributed by atoms with Gasteiger partial charge in [-0.15, -0.1) is 0 Å². The quantitative estimate of drug-likeness (QED) is 0.488. The van der Waals surface area contributed by atoms with E-state index in [-0.39, 0.29) is 5.91 Å². The van der Waals surface area contributed by atoms with Gasteiger partial charge in [0.15, 0.2) is 0 Å². The average Bonchev–Trinajstić information content (AvgIpc) is 2.76. The lowest BCUT2D eigenvalue weighted by atomic mass is 10.2. The topological polar surface area (TPSA) is 76.1 Å². The minimum Gasteiger partial charge on any atom is -0.494 e. The highest BCUT2D eigenvalue weighted by Crippen LogP contribution is 2.23. The van der Waals surface area contributed by atoms with Crippen molar-refractivity contribution in [1.82, 2.24) is 9.97 Å². The van der Waals surface area contributed by atoms with Crippen LogP contribution in [0, 0.1) is 0 Å². The number of pyridine rings is 2. The van der Waals surface area contributed by atoms with Crippen molar-refractivity contribution in [2.45, 2.75) is 6.92 Å². The predicted molar refractivity (Wildman–Crippen MR) is 115 cm³/mol. The van der Waals surface area contributed by atoms with E-state index in [4.69, 9.17) is 4.74 Å². The van der Waals surface area contributed by atoms with Gasteiger partial charge in [0.05, 0.1) is 17.8 Å². The first-order chi connectivity index (χ1) is 14.2. The van der Waals surface area contributed by atoms with Gasteiger partial charge in [-0.05, 0) is 55.5 Å². The minimum atomic E-state index is -0.293. The molecule has 4 aromatic rings. The van der Waals surface area contributed by atoms with Gasteiger partial charge in [0, 0.05) is 29.2 Å². The fourth-order valence-electron chi connectivity index (χ4n) is 2.99. The van der Waals surface area contributed by atoms with Crippen molar-refractivity contribution < 1.29 is 9.53 Å². The lowest BCUT2D eigenvalue weighted by molar-refractivity contribution is 0.102. The SMILES string of the molecule is CCOc1ccc(Nc2ccnc(C(=O)Nc3cccc4cccnc34)c2)cc1. The summed E-state index contributed by atoms with van der Waals surface area (Å²) in [6.07, 6.45) is 3.31. The molecule has 0 saturated carbocycles. The lowest BCUT2D eigenvalue weighted by Gasteiger charge is -2.10. The smallest absolute Gasteiger partial charge is 0.274 e. The molecular weight excluding hydrogens is 364 g/mol. The predicted octanol–water partition coefficient (Wildman–Crippen LogP) is 5.02. The maximum Gasteiger partial charge on any atom is 0.274 e. The molecule has 0 unspecified atom stereocenters. The number of fused-ring (bicyclic) bond motifs is 1. The van der Waals surface area contributed by atoms with Gasteiger partial charge in [-0.1, -0.05) is 18.2 Å². The van der Waals surface area contributed by atoms with E-state index < -0.39 is 0 Å². The zero-order valence-electron chi connectivity index (χ0n) is 15.9. The molecule has 2 heterocycles. The molecule has 0 saturated heterocycles. The second kappa shape index (κ2) is 8.39. The van der Waals surface area contributed by atoms with E-state index in [2.05, 4.69) is 20.6 Å². The first-order valence-electron chi connectivity index (χ1n) is 9.34. The van der Waals surface area contributed by atoms with Gasteiger partial charge in [0.25, 0.3) is 5.91 Å². The number of carbonyl (C=O) groups excluding carboxylic acids is 1. The highest BCUT2D eigenvalue weighted by molar-refractivity contribution is 6.07. The Balaban J connectivity index is 1.51. The maximum atomic E-state index is 12.7. The number of rotatable bonds is 6. The molecule has 0 aliphatic rings. The summed E-state index contributed by atoms with van der Waals surface area (Å²) < 4.78 is 5.45. The van der Waals surface area contributed by atoms with Crippen LogP contribution in [0.5, 0.6) is 5.75 Å². The Morgan fingerprint density at radius 2 is 1.76 bits per heavy atom. The van der Waals surface area contributed by atoms with E-state index in [0.717, 1.165) is 28.0 Å². The van der Waals surface area contributed by atoms with Crippen LogP contribution in [-0.4, -0.2) is 22.5 Å². The lowest BCUT2D eigenvalue weighted by Crippen LogP contribution is -2.14. The monoisotopic (exact) mass is 384 g/mol. The number of amides is 1. The molecule has 144 valence electrons. The van der Waals surface area contributed by atoms with Crippen molar-refractivity contribution in [2.75, 3.05) is 17.2 Å². The molecule has 2 N–H and O–H groups in total. The van der Waals surface area contributed by atoms with E-state index in [1.807, 2.05) is 67.6 Å². The van der Waals surface area contributed by atoms with Crippen molar-refractivity contribution in [2.24, 2.45) is 0 Å². The number of aromatic nitrogens is 2. The highest BCUT2D eigenvalue weighted by Gasteiger charge is 2.11. The molecule has 2 aromatic heterocycles. The van der Waals surface area contributed by atoms with Crippen LogP contribution in [0.3, 0.4) is 0 Å². The molecule has 0 bridgehead atoms. The van der Waals surface area contributed by atoms with E-state index in [9.17, 15) is 4.79 Å². The fraction of sp³-hybridized carbons (Fsp3) is 0.0870. The normalized spacial score (nSPS) is 10.5. The number of carbonyl (C=O) groups is 1. The summed E-state index contributed by atoms with van der Waals surface area (Å²) >= 11 is 0. The molecule has 0 aliphatic carbocycles. The zero-order chi connectivity index (χ0) is 20.1. The number of hydrogen-bond acceptors (Lipinski definition) is 5. The Bertz CT molecular complexity index is 1140. The molecule has 2 aromatic carbocycles. The molecule has 0 aliphatic heterocycles. The number of anilines is 3. The van der Waals surface area contributed by atoms with Crippen LogP contribution < -0.4 is 15.4 Å². The number of benzene rings is 2. The van der Waals surface area contributed by atoms with Gasteiger partial charge in [0.2, 0.25) is 0 Å². The van der Waals surface area contributed by atoms with E-state index in [1.54, 1.807) is 18.5 Å². The third kappa shape index (κ3) is 4.32. The Morgan fingerprint density at radius 1 is 0.931 bits per heavy atom. The van der Waals surface area contributed by atoms with Gasteiger partial charge in [0.1, 0.15) is 11.4 Å². The molecule has 0 fully saturated rings. The Morgan fingerprint density at radius 3 is 2.59 bits per heavy atom. The summed E-state index contributed by atoms with van der Waals surface area (Å²) in [5.41, 5.74) is 3.37. The summed E-state index contributed by atoms with van der Waals surface area (Å²) in [5.74, 6) is 0.523. The number of para-hydroxylation sites is 1. The van der Waals surface area contributed by atoms with Crippen LogP contribution in [0.4, 0.5) is 17.1 Å². The number of ether oxygens (including phenoxy) is 1. The molecule has 4 rings (SSSR count). The van der Waals surface area contributed by atoms with Gasteiger partial charge in [-0.25, -0.2) is 0 Å². The molecular formula is C23H20N4O2. The Kier molecular flexibility index (Phi) is 5.33. The standard InChI is InChI=1S/C23H20N4O2/c1-2-29-19-10-8-17(9-11-19)26-18-12-14-24-21(15-18)23(28)27-20-7-3-5-16-6-4-13-25-22(16)20/h3-15H,2H2,1H3,(H,24,26)(H,27,28). The Hall–Kier alpha value is -3.93. The molecule has 1 amide bonds. The van der Waals surface area contributed by atoms with Gasteiger partial charge in [-0.3, -0.25) is 14.8 Å². The zero-order valence-corrected chi connectivity index (χ0v) is 15.9. The molecule has 0 spiro atoms. The van der Waals surface area contributed by atoms with Gasteiger partial charge >= 0.3 is 0 Å². The van der Waals surface area contributed by atoms with E-state index in [1.165, 1.54) is 0 Å². The molecule has 6 heteroatoms. The average molecular weight is 384 g/mol. The number of hydrogen-bond donors (Lipinski definition) is 2. The summed E-state index contributed by atoms with van der Waals surface area (Å²) in [6, 6.07) is 20.7. The van der Waals surface area contributed by atoms with Crippen molar-refractivity contribution >= 4 is 33.9 Å². The molecule has 0 atom stereocenters. The molecule has 6 nitrogen and oxygen atoms in total. The van der Waals surface area contributed by atoms with Crippen molar-refractivity contribution in [3.63, 3.8) is 0 Å². The summed E-state index contributed by atoms with van der Waals surface area (Å²) in [5, 5.41) is 7.14. The summed E-state index contributed by atoms with van der Waals surface area (Å²) in [4.78, 5) is 21.3. The second-order valence-corrected chi connectivity index (χ2v) is 6.35. The van der Waals surface area contributed by atoms with Crippen LogP contribution >= 0.6 is 0 Å². The first-order valence-corrected chi connectivity index (χ1v) is 9.34.